The summed E-state index contributed by atoms with van der Waals surface area (Å²) in [5.74, 6) is -0.466. The smallest absolute Gasteiger partial charge is 0.325 e. The van der Waals surface area contributed by atoms with E-state index in [0.717, 1.165) is 5.69 Å². The van der Waals surface area contributed by atoms with Crippen molar-refractivity contribution in [1.82, 2.24) is 5.32 Å². The van der Waals surface area contributed by atoms with E-state index in [-0.39, 0.29) is 19.2 Å². The SMILES string of the molecule is CCN(C(=O)COC(=O)CNC(=O)c1ccc2c(c1)OCO2)c1ccccc1. The molecule has 0 fully saturated rings. The number of likely N-dealkylation sites (N-methyl/N-ethyl adjacent to an activating group) is 1. The highest BCUT2D eigenvalue weighted by atomic mass is 16.7. The second-order valence-electron chi connectivity index (χ2n) is 5.88. The highest BCUT2D eigenvalue weighted by Gasteiger charge is 2.18. The zero-order valence-corrected chi connectivity index (χ0v) is 15.3. The van der Waals surface area contributed by atoms with E-state index in [0.29, 0.717) is 23.6 Å². The van der Waals surface area contributed by atoms with E-state index in [2.05, 4.69) is 5.32 Å². The van der Waals surface area contributed by atoms with Gasteiger partial charge in [0.05, 0.1) is 0 Å². The molecule has 0 atom stereocenters. The minimum Gasteiger partial charge on any atom is -0.454 e. The number of carbonyl (C=O) groups is 3. The van der Waals surface area contributed by atoms with Gasteiger partial charge in [-0.05, 0) is 37.3 Å². The minimum absolute atomic E-state index is 0.110. The Morgan fingerprint density at radius 2 is 1.82 bits per heavy atom. The lowest BCUT2D eigenvalue weighted by molar-refractivity contribution is -0.146. The lowest BCUT2D eigenvalue weighted by Crippen LogP contribution is -2.36. The van der Waals surface area contributed by atoms with Crippen molar-refractivity contribution in [3.8, 4) is 11.5 Å². The van der Waals surface area contributed by atoms with Gasteiger partial charge in [-0.3, -0.25) is 14.4 Å². The Kier molecular flexibility index (Phi) is 6.11. The van der Waals surface area contributed by atoms with Gasteiger partial charge in [0.25, 0.3) is 11.8 Å². The molecule has 0 aromatic heterocycles. The van der Waals surface area contributed by atoms with Crippen molar-refractivity contribution < 1.29 is 28.6 Å². The topological polar surface area (TPSA) is 94.2 Å². The lowest BCUT2D eigenvalue weighted by atomic mass is 10.2. The molecule has 8 nitrogen and oxygen atoms in total. The Hall–Kier alpha value is -3.55. The van der Waals surface area contributed by atoms with Crippen LogP contribution in [0, 0.1) is 0 Å². The molecular formula is C20H20N2O6. The summed E-state index contributed by atoms with van der Waals surface area (Å²) >= 11 is 0. The van der Waals surface area contributed by atoms with Crippen LogP contribution >= 0.6 is 0 Å². The first kappa shape index (κ1) is 19.2. The molecule has 146 valence electrons. The summed E-state index contributed by atoms with van der Waals surface area (Å²) in [5.41, 5.74) is 1.05. The normalized spacial score (nSPS) is 11.6. The van der Waals surface area contributed by atoms with Gasteiger partial charge < -0.3 is 24.4 Å². The van der Waals surface area contributed by atoms with Gasteiger partial charge in [-0.1, -0.05) is 18.2 Å². The minimum atomic E-state index is -0.702. The van der Waals surface area contributed by atoms with Crippen molar-refractivity contribution in [3.05, 3.63) is 54.1 Å². The number of rotatable bonds is 7. The standard InChI is InChI=1S/C20H20N2O6/c1-2-22(15-6-4-3-5-7-15)18(23)12-26-19(24)11-21-20(25)14-8-9-16-17(10-14)28-13-27-16/h3-10H,2,11-13H2,1H3,(H,21,25). The summed E-state index contributed by atoms with van der Waals surface area (Å²) in [4.78, 5) is 37.8. The molecule has 1 aliphatic heterocycles. The maximum atomic E-state index is 12.3. The molecule has 0 saturated heterocycles. The second kappa shape index (κ2) is 8.90. The molecule has 1 aliphatic rings. The summed E-state index contributed by atoms with van der Waals surface area (Å²) in [6.45, 7) is 1.64. The van der Waals surface area contributed by atoms with E-state index in [4.69, 9.17) is 14.2 Å². The van der Waals surface area contributed by atoms with E-state index >= 15 is 0 Å². The maximum absolute atomic E-state index is 12.3. The van der Waals surface area contributed by atoms with Crippen molar-refractivity contribution in [3.63, 3.8) is 0 Å². The van der Waals surface area contributed by atoms with E-state index in [1.807, 2.05) is 25.1 Å². The number of esters is 1. The van der Waals surface area contributed by atoms with Crippen molar-refractivity contribution in [2.24, 2.45) is 0 Å². The van der Waals surface area contributed by atoms with Crippen LogP contribution < -0.4 is 19.7 Å². The number of anilines is 1. The van der Waals surface area contributed by atoms with E-state index in [1.165, 1.54) is 11.0 Å². The highest BCUT2D eigenvalue weighted by Crippen LogP contribution is 2.32. The molecule has 0 aliphatic carbocycles. The monoisotopic (exact) mass is 384 g/mol. The highest BCUT2D eigenvalue weighted by molar-refractivity contribution is 5.97. The van der Waals surface area contributed by atoms with Crippen LogP contribution in [0.5, 0.6) is 11.5 Å². The van der Waals surface area contributed by atoms with Gasteiger partial charge in [0, 0.05) is 17.8 Å². The molecular weight excluding hydrogens is 364 g/mol. The number of nitrogens with zero attached hydrogens (tertiary/aromatic N) is 1. The molecule has 0 bridgehead atoms. The summed E-state index contributed by atoms with van der Waals surface area (Å²) in [5, 5.41) is 2.45. The Balaban J connectivity index is 1.46. The van der Waals surface area contributed by atoms with Gasteiger partial charge >= 0.3 is 5.97 Å². The molecule has 0 radical (unpaired) electrons. The van der Waals surface area contributed by atoms with Crippen molar-refractivity contribution in [1.29, 1.82) is 0 Å². The molecule has 2 aromatic carbocycles. The fraction of sp³-hybridized carbons (Fsp3) is 0.250. The molecule has 2 amide bonds. The van der Waals surface area contributed by atoms with Crippen LogP contribution in [0.2, 0.25) is 0 Å². The first-order chi connectivity index (χ1) is 13.6. The van der Waals surface area contributed by atoms with Crippen LogP contribution in [0.25, 0.3) is 0 Å². The average molecular weight is 384 g/mol. The van der Waals surface area contributed by atoms with Gasteiger partial charge in [-0.15, -0.1) is 0 Å². The van der Waals surface area contributed by atoms with E-state index in [1.54, 1.807) is 24.3 Å². The first-order valence-corrected chi connectivity index (χ1v) is 8.77. The van der Waals surface area contributed by atoms with Crippen LogP contribution in [0.1, 0.15) is 17.3 Å². The lowest BCUT2D eigenvalue weighted by Gasteiger charge is -2.20. The number of hydrogen-bond acceptors (Lipinski definition) is 6. The van der Waals surface area contributed by atoms with E-state index in [9.17, 15) is 14.4 Å². The Labute approximate surface area is 162 Å². The predicted octanol–water partition coefficient (Wildman–Crippen LogP) is 1.74. The Morgan fingerprint density at radius 3 is 2.57 bits per heavy atom. The number of fused-ring (bicyclic) bond motifs is 1. The third-order valence-electron chi connectivity index (χ3n) is 4.07. The second-order valence-corrected chi connectivity index (χ2v) is 5.88. The number of hydrogen-bond donors (Lipinski definition) is 1. The molecule has 3 rings (SSSR count). The maximum Gasteiger partial charge on any atom is 0.325 e. The summed E-state index contributed by atoms with van der Waals surface area (Å²) < 4.78 is 15.4. The predicted molar refractivity (Wildman–Crippen MR) is 100 cm³/mol. The van der Waals surface area contributed by atoms with Gasteiger partial charge in [0.1, 0.15) is 6.54 Å². The van der Waals surface area contributed by atoms with Crippen LogP contribution in [0.15, 0.2) is 48.5 Å². The molecule has 1 N–H and O–H groups in total. The fourth-order valence-electron chi connectivity index (χ4n) is 2.67. The Bertz CT molecular complexity index is 868. The van der Waals surface area contributed by atoms with Crippen LogP contribution in [-0.4, -0.2) is 44.3 Å². The number of benzene rings is 2. The molecule has 28 heavy (non-hydrogen) atoms. The van der Waals surface area contributed by atoms with Crippen molar-refractivity contribution >= 4 is 23.5 Å². The zero-order chi connectivity index (χ0) is 19.9. The Morgan fingerprint density at radius 1 is 1.07 bits per heavy atom. The fourth-order valence-corrected chi connectivity index (χ4v) is 2.67. The third kappa shape index (κ3) is 4.59. The van der Waals surface area contributed by atoms with Gasteiger partial charge in [0.15, 0.2) is 18.1 Å². The molecule has 2 aromatic rings. The number of carbonyl (C=O) groups excluding carboxylic acids is 3. The number of ether oxygens (including phenoxy) is 3. The quantitative estimate of drug-likeness (QED) is 0.731. The summed E-state index contributed by atoms with van der Waals surface area (Å²) in [6.07, 6.45) is 0. The third-order valence-corrected chi connectivity index (χ3v) is 4.07. The van der Waals surface area contributed by atoms with Crippen LogP contribution in [-0.2, 0) is 14.3 Å². The molecule has 0 spiro atoms. The average Bonchev–Trinajstić information content (AvgIpc) is 3.19. The number of para-hydroxylation sites is 1. The summed E-state index contributed by atoms with van der Waals surface area (Å²) in [6, 6.07) is 13.8. The van der Waals surface area contributed by atoms with Crippen molar-refractivity contribution in [2.75, 3.05) is 31.4 Å². The van der Waals surface area contributed by atoms with Crippen LogP contribution in [0.3, 0.4) is 0 Å². The van der Waals surface area contributed by atoms with Gasteiger partial charge in [-0.25, -0.2) is 0 Å². The molecule has 0 unspecified atom stereocenters. The van der Waals surface area contributed by atoms with Gasteiger partial charge in [0.2, 0.25) is 6.79 Å². The molecule has 8 heteroatoms. The van der Waals surface area contributed by atoms with Crippen LogP contribution in [0.4, 0.5) is 5.69 Å². The first-order valence-electron chi connectivity index (χ1n) is 8.77. The molecule has 0 saturated carbocycles. The van der Waals surface area contributed by atoms with Crippen molar-refractivity contribution in [2.45, 2.75) is 6.92 Å². The number of nitrogens with one attached hydrogen (secondary N) is 1. The zero-order valence-electron chi connectivity index (χ0n) is 15.3. The van der Waals surface area contributed by atoms with E-state index < -0.39 is 18.5 Å². The molecule has 1 heterocycles. The van der Waals surface area contributed by atoms with Gasteiger partial charge in [-0.2, -0.15) is 0 Å². The number of amides is 2. The summed E-state index contributed by atoms with van der Waals surface area (Å²) in [7, 11) is 0. The largest absolute Gasteiger partial charge is 0.454 e.